The number of alkyl halides is 3. The van der Waals surface area contributed by atoms with Gasteiger partial charge in [0.25, 0.3) is 0 Å². The smallest absolute Gasteiger partial charge is 0.369 e. The highest BCUT2D eigenvalue weighted by atomic mass is 19.4. The van der Waals surface area contributed by atoms with Crippen LogP contribution in [0.3, 0.4) is 0 Å². The minimum Gasteiger partial charge on any atom is -0.369 e. The van der Waals surface area contributed by atoms with Crippen LogP contribution in [0.15, 0.2) is 0 Å². The van der Waals surface area contributed by atoms with E-state index in [1.165, 1.54) is 0 Å². The van der Waals surface area contributed by atoms with Crippen molar-refractivity contribution in [2.24, 2.45) is 0 Å². The van der Waals surface area contributed by atoms with Gasteiger partial charge < -0.3 is 4.74 Å². The molecule has 0 aromatic heterocycles. The fourth-order valence-corrected chi connectivity index (χ4v) is 0.836. The number of halogens is 3. The van der Waals surface area contributed by atoms with Crippen LogP contribution in [-0.4, -0.2) is 18.9 Å². The van der Waals surface area contributed by atoms with Gasteiger partial charge >= 0.3 is 6.18 Å². The first-order valence-electron chi connectivity index (χ1n) is 2.79. The van der Waals surface area contributed by atoms with Crippen molar-refractivity contribution in [3.05, 3.63) is 0 Å². The van der Waals surface area contributed by atoms with Crippen LogP contribution in [-0.2, 0) is 4.74 Å². The van der Waals surface area contributed by atoms with Crippen LogP contribution in [0.5, 0.6) is 0 Å². The van der Waals surface area contributed by atoms with E-state index in [0.29, 0.717) is 6.42 Å². The van der Waals surface area contributed by atoms with Gasteiger partial charge in [-0.05, 0) is 12.8 Å². The fraction of sp³-hybridized carbons (Fsp3) is 1.00. The number of hydrogen-bond donors (Lipinski definition) is 0. The second kappa shape index (κ2) is 2.17. The maximum absolute atomic E-state index is 11.6. The molecule has 0 aliphatic carbocycles. The zero-order valence-corrected chi connectivity index (χ0v) is 4.74. The normalized spacial score (nSPS) is 29.0. The van der Waals surface area contributed by atoms with Crippen LogP contribution >= 0.6 is 0 Å². The Hall–Kier alpha value is -0.250. The summed E-state index contributed by atoms with van der Waals surface area (Å²) in [5, 5.41) is 0. The Labute approximate surface area is 50.8 Å². The topological polar surface area (TPSA) is 9.23 Å². The lowest BCUT2D eigenvalue weighted by Gasteiger charge is -2.12. The Balaban J connectivity index is 2.42. The van der Waals surface area contributed by atoms with Crippen LogP contribution in [0.25, 0.3) is 0 Å². The van der Waals surface area contributed by atoms with E-state index in [-0.39, 0.29) is 13.0 Å². The molecule has 1 nitrogen and oxygen atoms in total. The summed E-state index contributed by atoms with van der Waals surface area (Å²) in [6.07, 6.45) is -4.97. The van der Waals surface area contributed by atoms with Gasteiger partial charge in [-0.2, -0.15) is 13.2 Å². The Morgan fingerprint density at radius 3 is 2.22 bits per heavy atom. The summed E-state index contributed by atoms with van der Waals surface area (Å²) in [6.45, 7) is 0.254. The lowest BCUT2D eigenvalue weighted by molar-refractivity contribution is -0.206. The second-order valence-electron chi connectivity index (χ2n) is 2.04. The van der Waals surface area contributed by atoms with Crippen molar-refractivity contribution < 1.29 is 17.9 Å². The van der Waals surface area contributed by atoms with Gasteiger partial charge in [0.05, 0.1) is 0 Å². The molecule has 0 saturated carbocycles. The largest absolute Gasteiger partial charge is 0.414 e. The zero-order valence-electron chi connectivity index (χ0n) is 4.74. The highest BCUT2D eigenvalue weighted by molar-refractivity contribution is 4.71. The zero-order chi connectivity index (χ0) is 6.91. The second-order valence-corrected chi connectivity index (χ2v) is 2.04. The summed E-state index contributed by atoms with van der Waals surface area (Å²) in [4.78, 5) is 0. The Morgan fingerprint density at radius 1 is 1.33 bits per heavy atom. The average Bonchev–Trinajstić information content (AvgIpc) is 2.08. The maximum Gasteiger partial charge on any atom is 0.414 e. The average molecular weight is 140 g/mol. The Kier molecular flexibility index (Phi) is 1.66. The summed E-state index contributed by atoms with van der Waals surface area (Å²) in [5.74, 6) is 0. The van der Waals surface area contributed by atoms with Gasteiger partial charge in [0.1, 0.15) is 0 Å². The van der Waals surface area contributed by atoms with Crippen molar-refractivity contribution in [2.75, 3.05) is 6.61 Å². The quantitative estimate of drug-likeness (QED) is 0.497. The molecule has 0 unspecified atom stereocenters. The molecule has 0 aromatic carbocycles. The van der Waals surface area contributed by atoms with Gasteiger partial charge in [-0.3, -0.25) is 0 Å². The minimum absolute atomic E-state index is 0.128. The van der Waals surface area contributed by atoms with Crippen LogP contribution in [0, 0.1) is 0 Å². The third kappa shape index (κ3) is 1.58. The van der Waals surface area contributed by atoms with Crippen molar-refractivity contribution in [3.63, 3.8) is 0 Å². The SMILES string of the molecule is FC(F)(F)[C@@H]1CCCO1. The molecule has 0 amide bonds. The first-order valence-corrected chi connectivity index (χ1v) is 2.79. The van der Waals surface area contributed by atoms with Crippen molar-refractivity contribution in [3.8, 4) is 0 Å². The van der Waals surface area contributed by atoms with E-state index in [4.69, 9.17) is 0 Å². The summed E-state index contributed by atoms with van der Waals surface area (Å²) >= 11 is 0. The van der Waals surface area contributed by atoms with Crippen molar-refractivity contribution in [1.82, 2.24) is 0 Å². The lowest BCUT2D eigenvalue weighted by atomic mass is 10.2. The molecule has 1 fully saturated rings. The molecular formula is C5H7F3O. The molecule has 1 aliphatic heterocycles. The molecule has 0 bridgehead atoms. The molecule has 1 rings (SSSR count). The van der Waals surface area contributed by atoms with E-state index < -0.39 is 12.3 Å². The van der Waals surface area contributed by atoms with E-state index in [0.717, 1.165) is 0 Å². The lowest BCUT2D eigenvalue weighted by Crippen LogP contribution is -2.27. The van der Waals surface area contributed by atoms with E-state index in [1.54, 1.807) is 0 Å². The third-order valence-electron chi connectivity index (χ3n) is 1.29. The first-order chi connectivity index (χ1) is 4.11. The predicted molar refractivity (Wildman–Crippen MR) is 25.0 cm³/mol. The van der Waals surface area contributed by atoms with Crippen molar-refractivity contribution >= 4 is 0 Å². The molecule has 0 aromatic rings. The molecule has 0 radical (unpaired) electrons. The van der Waals surface area contributed by atoms with Gasteiger partial charge in [0.15, 0.2) is 6.10 Å². The van der Waals surface area contributed by atoms with Crippen LogP contribution in [0.2, 0.25) is 0 Å². The van der Waals surface area contributed by atoms with Gasteiger partial charge in [-0.25, -0.2) is 0 Å². The Bertz CT molecular complexity index is 92.9. The molecule has 1 atom stereocenters. The predicted octanol–water partition coefficient (Wildman–Crippen LogP) is 1.73. The van der Waals surface area contributed by atoms with Gasteiger partial charge in [-0.1, -0.05) is 0 Å². The van der Waals surface area contributed by atoms with Gasteiger partial charge in [-0.15, -0.1) is 0 Å². The molecule has 4 heteroatoms. The van der Waals surface area contributed by atoms with Gasteiger partial charge in [0.2, 0.25) is 0 Å². The summed E-state index contributed by atoms with van der Waals surface area (Å²) < 4.78 is 39.3. The minimum atomic E-state index is -4.14. The molecule has 54 valence electrons. The van der Waals surface area contributed by atoms with Crippen LogP contribution < -0.4 is 0 Å². The Morgan fingerprint density at radius 2 is 2.00 bits per heavy atom. The highest BCUT2D eigenvalue weighted by Crippen LogP contribution is 2.29. The van der Waals surface area contributed by atoms with Crippen molar-refractivity contribution in [1.29, 1.82) is 0 Å². The highest BCUT2D eigenvalue weighted by Gasteiger charge is 2.42. The molecule has 1 aliphatic rings. The first kappa shape index (κ1) is 6.86. The molecule has 1 heterocycles. The fourth-order valence-electron chi connectivity index (χ4n) is 0.836. The third-order valence-corrected chi connectivity index (χ3v) is 1.29. The molecule has 0 spiro atoms. The van der Waals surface area contributed by atoms with Crippen LogP contribution in [0.4, 0.5) is 13.2 Å². The summed E-state index contributed by atoms with van der Waals surface area (Å²) in [5.41, 5.74) is 0. The van der Waals surface area contributed by atoms with E-state index in [2.05, 4.69) is 4.74 Å². The van der Waals surface area contributed by atoms with E-state index >= 15 is 0 Å². The maximum atomic E-state index is 11.6. The van der Waals surface area contributed by atoms with Crippen molar-refractivity contribution in [2.45, 2.75) is 25.1 Å². The number of hydrogen-bond acceptors (Lipinski definition) is 1. The van der Waals surface area contributed by atoms with E-state index in [1.807, 2.05) is 0 Å². The molecule has 0 N–H and O–H groups in total. The number of rotatable bonds is 0. The molecule has 1 saturated heterocycles. The van der Waals surface area contributed by atoms with Crippen LogP contribution in [0.1, 0.15) is 12.8 Å². The summed E-state index contributed by atoms with van der Waals surface area (Å²) in [6, 6.07) is 0. The standard InChI is InChI=1S/C5H7F3O/c6-5(7,8)4-2-1-3-9-4/h4H,1-3H2/t4-/m0/s1. The molecule has 9 heavy (non-hydrogen) atoms. The summed E-state index contributed by atoms with van der Waals surface area (Å²) in [7, 11) is 0. The molecular weight excluding hydrogens is 133 g/mol. The monoisotopic (exact) mass is 140 g/mol. The van der Waals surface area contributed by atoms with Gasteiger partial charge in [0, 0.05) is 6.61 Å². The number of ether oxygens (including phenoxy) is 1. The van der Waals surface area contributed by atoms with E-state index in [9.17, 15) is 13.2 Å².